The molecule has 33 heavy (non-hydrogen) atoms. The van der Waals surface area contributed by atoms with Gasteiger partial charge >= 0.3 is 0 Å². The Labute approximate surface area is 200 Å². The molecule has 0 bridgehead atoms. The molecule has 1 aromatic heterocycles. The number of carbonyl (C=O) groups is 2. The third-order valence-electron chi connectivity index (χ3n) is 5.23. The Hall–Kier alpha value is -2.85. The van der Waals surface area contributed by atoms with Gasteiger partial charge in [-0.05, 0) is 42.5 Å². The first-order valence-corrected chi connectivity index (χ1v) is 11.6. The second-order valence-electron chi connectivity index (χ2n) is 7.34. The molecule has 2 aromatic carbocycles. The molecule has 0 spiro atoms. The number of rotatable bonds is 7. The molecule has 1 saturated heterocycles. The Bertz CT molecular complexity index is 1130. The van der Waals surface area contributed by atoms with Crippen LogP contribution < -0.4 is 20.3 Å². The molecule has 1 aliphatic heterocycles. The second-order valence-corrected chi connectivity index (χ2v) is 8.77. The summed E-state index contributed by atoms with van der Waals surface area (Å²) in [6.45, 7) is 4.71. The molecule has 10 heteroatoms. The summed E-state index contributed by atoms with van der Waals surface area (Å²) in [4.78, 5) is 27.6. The van der Waals surface area contributed by atoms with Crippen molar-refractivity contribution in [2.45, 2.75) is 0 Å². The highest BCUT2D eigenvalue weighted by Crippen LogP contribution is 2.37. The van der Waals surface area contributed by atoms with Crippen molar-refractivity contribution in [2.24, 2.45) is 0 Å². The van der Waals surface area contributed by atoms with Crippen LogP contribution in [0.4, 0.5) is 0 Å². The summed E-state index contributed by atoms with van der Waals surface area (Å²) >= 11 is 7.59. The van der Waals surface area contributed by atoms with Crippen LogP contribution in [0, 0.1) is 0 Å². The van der Waals surface area contributed by atoms with Gasteiger partial charge in [0.15, 0.2) is 0 Å². The Morgan fingerprint density at radius 2 is 1.76 bits per heavy atom. The number of hydrazine groups is 1. The van der Waals surface area contributed by atoms with E-state index in [0.29, 0.717) is 33.6 Å². The molecule has 0 saturated carbocycles. The predicted octanol–water partition coefficient (Wildman–Crippen LogP) is 3.35. The summed E-state index contributed by atoms with van der Waals surface area (Å²) in [7, 11) is 1.57. The molecule has 2 amide bonds. The Kier molecular flexibility index (Phi) is 7.66. The first-order chi connectivity index (χ1) is 16.0. The fraction of sp³-hybridized carbons (Fsp3) is 0.304. The maximum atomic E-state index is 12.6. The average molecular weight is 490 g/mol. The number of thiophene rings is 1. The molecule has 3 aromatic rings. The molecule has 2 N–H and O–H groups in total. The largest absolute Gasteiger partial charge is 0.497 e. The van der Waals surface area contributed by atoms with E-state index in [1.54, 1.807) is 43.5 Å². The number of nitrogens with zero attached hydrogens (tertiary/aromatic N) is 1. The summed E-state index contributed by atoms with van der Waals surface area (Å²) in [5.41, 5.74) is 5.24. The lowest BCUT2D eigenvalue weighted by Gasteiger charge is -2.26. The van der Waals surface area contributed by atoms with Gasteiger partial charge in [0, 0.05) is 35.3 Å². The maximum absolute atomic E-state index is 12.6. The van der Waals surface area contributed by atoms with Crippen LogP contribution >= 0.6 is 22.9 Å². The molecule has 0 atom stereocenters. The fourth-order valence-electron chi connectivity index (χ4n) is 3.38. The van der Waals surface area contributed by atoms with Crippen LogP contribution in [-0.4, -0.2) is 63.3 Å². The molecule has 8 nitrogen and oxygen atoms in total. The van der Waals surface area contributed by atoms with Gasteiger partial charge in [-0.2, -0.15) is 0 Å². The number of ether oxygens (including phenoxy) is 3. The zero-order chi connectivity index (χ0) is 23.2. The van der Waals surface area contributed by atoms with Crippen molar-refractivity contribution in [1.82, 2.24) is 15.8 Å². The van der Waals surface area contributed by atoms with Gasteiger partial charge in [-0.15, -0.1) is 11.3 Å². The lowest BCUT2D eigenvalue weighted by molar-refractivity contribution is 0.0322. The van der Waals surface area contributed by atoms with E-state index in [4.69, 9.17) is 25.8 Å². The molecule has 0 radical (unpaired) electrons. The van der Waals surface area contributed by atoms with Crippen LogP contribution in [0.5, 0.6) is 11.5 Å². The molecular formula is C23H24ClN3O5S. The van der Waals surface area contributed by atoms with E-state index < -0.39 is 11.8 Å². The number of hydrogen-bond acceptors (Lipinski definition) is 7. The highest BCUT2D eigenvalue weighted by molar-refractivity contribution is 7.21. The van der Waals surface area contributed by atoms with E-state index in [2.05, 4.69) is 15.8 Å². The van der Waals surface area contributed by atoms with Crippen molar-refractivity contribution in [1.29, 1.82) is 0 Å². The average Bonchev–Trinajstić information content (AvgIpc) is 3.19. The lowest BCUT2D eigenvalue weighted by atomic mass is 10.2. The summed E-state index contributed by atoms with van der Waals surface area (Å²) < 4.78 is 17.1. The predicted molar refractivity (Wildman–Crippen MR) is 128 cm³/mol. The standard InChI is InChI=1S/C23H24ClN3O5S/c1-30-17-6-7-18-19(14-17)33-21(20(18)24)23(29)26-25-22(28)15-2-4-16(5-3-15)32-13-10-27-8-11-31-12-9-27/h2-7,14H,8-13H2,1H3,(H,25,28)(H,26,29). The van der Waals surface area contributed by atoms with Crippen molar-refractivity contribution >= 4 is 44.8 Å². The quantitative estimate of drug-likeness (QED) is 0.495. The van der Waals surface area contributed by atoms with Crippen molar-refractivity contribution in [2.75, 3.05) is 46.6 Å². The first kappa shape index (κ1) is 23.3. The van der Waals surface area contributed by atoms with E-state index in [-0.39, 0.29) is 0 Å². The van der Waals surface area contributed by atoms with Crippen LogP contribution in [0.25, 0.3) is 10.1 Å². The molecule has 4 rings (SSSR count). The number of methoxy groups -OCH3 is 1. The van der Waals surface area contributed by atoms with Crippen LogP contribution in [-0.2, 0) is 4.74 Å². The first-order valence-electron chi connectivity index (χ1n) is 10.4. The number of nitrogens with one attached hydrogen (secondary N) is 2. The van der Waals surface area contributed by atoms with E-state index >= 15 is 0 Å². The molecular weight excluding hydrogens is 466 g/mol. The van der Waals surface area contributed by atoms with Crippen LogP contribution in [0.1, 0.15) is 20.0 Å². The minimum Gasteiger partial charge on any atom is -0.497 e. The minimum absolute atomic E-state index is 0.309. The highest BCUT2D eigenvalue weighted by atomic mass is 35.5. The smallest absolute Gasteiger partial charge is 0.281 e. The third kappa shape index (κ3) is 5.75. The highest BCUT2D eigenvalue weighted by Gasteiger charge is 2.18. The van der Waals surface area contributed by atoms with Gasteiger partial charge in [0.25, 0.3) is 11.8 Å². The molecule has 2 heterocycles. The second kappa shape index (κ2) is 10.8. The third-order valence-corrected chi connectivity index (χ3v) is 6.88. The molecule has 1 aliphatic rings. The van der Waals surface area contributed by atoms with Crippen LogP contribution in [0.15, 0.2) is 42.5 Å². The van der Waals surface area contributed by atoms with E-state index in [1.165, 1.54) is 11.3 Å². The molecule has 174 valence electrons. The molecule has 0 unspecified atom stereocenters. The van der Waals surface area contributed by atoms with Gasteiger partial charge < -0.3 is 14.2 Å². The fourth-order valence-corrected chi connectivity index (χ4v) is 4.82. The van der Waals surface area contributed by atoms with Crippen molar-refractivity contribution in [3.8, 4) is 11.5 Å². The number of halogens is 1. The van der Waals surface area contributed by atoms with Crippen molar-refractivity contribution < 1.29 is 23.8 Å². The van der Waals surface area contributed by atoms with Gasteiger partial charge in [0.05, 0.1) is 25.3 Å². The summed E-state index contributed by atoms with van der Waals surface area (Å²) in [5.74, 6) is 0.421. The number of morpholine rings is 1. The summed E-state index contributed by atoms with van der Waals surface area (Å²) in [5, 5.41) is 1.09. The topological polar surface area (TPSA) is 89.1 Å². The van der Waals surface area contributed by atoms with E-state index in [9.17, 15) is 9.59 Å². The van der Waals surface area contributed by atoms with E-state index in [1.807, 2.05) is 6.07 Å². The Balaban J connectivity index is 1.29. The molecule has 1 fully saturated rings. The minimum atomic E-state index is -0.489. The molecule has 0 aliphatic carbocycles. The lowest BCUT2D eigenvalue weighted by Crippen LogP contribution is -2.41. The Morgan fingerprint density at radius 3 is 2.48 bits per heavy atom. The van der Waals surface area contributed by atoms with Gasteiger partial charge in [0.2, 0.25) is 0 Å². The number of fused-ring (bicyclic) bond motifs is 1. The summed E-state index contributed by atoms with van der Waals surface area (Å²) in [6.07, 6.45) is 0. The van der Waals surface area contributed by atoms with Crippen molar-refractivity contribution in [3.05, 3.63) is 57.9 Å². The zero-order valence-electron chi connectivity index (χ0n) is 18.1. The van der Waals surface area contributed by atoms with E-state index in [0.717, 1.165) is 42.9 Å². The van der Waals surface area contributed by atoms with Gasteiger partial charge in [-0.1, -0.05) is 11.6 Å². The number of benzene rings is 2. The number of amides is 2. The maximum Gasteiger partial charge on any atom is 0.281 e. The Morgan fingerprint density at radius 1 is 1.06 bits per heavy atom. The summed E-state index contributed by atoms with van der Waals surface area (Å²) in [6, 6.07) is 12.1. The van der Waals surface area contributed by atoms with Gasteiger partial charge in [-0.3, -0.25) is 25.3 Å². The monoisotopic (exact) mass is 489 g/mol. The number of hydrogen-bond donors (Lipinski definition) is 2. The van der Waals surface area contributed by atoms with Crippen LogP contribution in [0.2, 0.25) is 5.02 Å². The van der Waals surface area contributed by atoms with Gasteiger partial charge in [-0.25, -0.2) is 0 Å². The van der Waals surface area contributed by atoms with Crippen LogP contribution in [0.3, 0.4) is 0 Å². The van der Waals surface area contributed by atoms with Crippen molar-refractivity contribution in [3.63, 3.8) is 0 Å². The zero-order valence-corrected chi connectivity index (χ0v) is 19.6. The number of carbonyl (C=O) groups excluding carboxylic acids is 2. The normalized spacial score (nSPS) is 14.1. The SMILES string of the molecule is COc1ccc2c(Cl)c(C(=O)NNC(=O)c3ccc(OCCN4CCOCC4)cc3)sc2c1. The van der Waals surface area contributed by atoms with Gasteiger partial charge in [0.1, 0.15) is 23.0 Å².